The summed E-state index contributed by atoms with van der Waals surface area (Å²) in [7, 11) is 2.11. The SMILES string of the molecule is CN(Cc1cncnc1)Cc1cnc2n1CCN(c1ccccn1)CC2. The van der Waals surface area contributed by atoms with E-state index in [1.54, 1.807) is 6.33 Å². The molecule has 1 aliphatic heterocycles. The minimum absolute atomic E-state index is 0.821. The molecule has 1 aliphatic rings. The zero-order valence-corrected chi connectivity index (χ0v) is 15.0. The minimum atomic E-state index is 0.821. The fourth-order valence-electron chi connectivity index (χ4n) is 3.45. The van der Waals surface area contributed by atoms with E-state index in [4.69, 9.17) is 0 Å². The summed E-state index contributed by atoms with van der Waals surface area (Å²) in [5, 5.41) is 0. The first kappa shape index (κ1) is 16.7. The van der Waals surface area contributed by atoms with Crippen LogP contribution in [-0.2, 0) is 26.1 Å². The van der Waals surface area contributed by atoms with Gasteiger partial charge in [-0.1, -0.05) is 6.07 Å². The van der Waals surface area contributed by atoms with Gasteiger partial charge in [0.25, 0.3) is 0 Å². The Morgan fingerprint density at radius 1 is 1.00 bits per heavy atom. The Kier molecular flexibility index (Phi) is 4.88. The van der Waals surface area contributed by atoms with Crippen molar-refractivity contribution in [3.63, 3.8) is 0 Å². The third-order valence-corrected chi connectivity index (χ3v) is 4.69. The summed E-state index contributed by atoms with van der Waals surface area (Å²) in [4.78, 5) is 21.9. The second kappa shape index (κ2) is 7.61. The lowest BCUT2D eigenvalue weighted by molar-refractivity contribution is 0.308. The lowest BCUT2D eigenvalue weighted by atomic mass is 10.3. The molecule has 0 saturated carbocycles. The van der Waals surface area contributed by atoms with Gasteiger partial charge in [-0.3, -0.25) is 4.90 Å². The van der Waals surface area contributed by atoms with Crippen LogP contribution in [0.1, 0.15) is 17.1 Å². The Hall–Kier alpha value is -2.80. The quantitative estimate of drug-likeness (QED) is 0.699. The second-order valence-electron chi connectivity index (χ2n) is 6.66. The lowest BCUT2D eigenvalue weighted by Gasteiger charge is -2.21. The van der Waals surface area contributed by atoms with Crippen molar-refractivity contribution in [2.75, 3.05) is 25.0 Å². The molecule has 26 heavy (non-hydrogen) atoms. The number of nitrogens with zero attached hydrogens (tertiary/aromatic N) is 7. The molecular formula is C19H23N7. The van der Waals surface area contributed by atoms with Crippen LogP contribution < -0.4 is 4.90 Å². The van der Waals surface area contributed by atoms with Crippen molar-refractivity contribution in [1.29, 1.82) is 0 Å². The fourth-order valence-corrected chi connectivity index (χ4v) is 3.45. The summed E-state index contributed by atoms with van der Waals surface area (Å²) < 4.78 is 2.36. The van der Waals surface area contributed by atoms with Gasteiger partial charge in [0.2, 0.25) is 0 Å². The molecule has 3 aromatic heterocycles. The molecule has 0 radical (unpaired) electrons. The summed E-state index contributed by atoms with van der Waals surface area (Å²) in [6.07, 6.45) is 10.1. The highest BCUT2D eigenvalue weighted by atomic mass is 15.2. The predicted octanol–water partition coefficient (Wildman–Crippen LogP) is 1.76. The number of hydrogen-bond acceptors (Lipinski definition) is 6. The molecule has 4 heterocycles. The van der Waals surface area contributed by atoms with Gasteiger partial charge in [-0.05, 0) is 19.2 Å². The Bertz CT molecular complexity index is 832. The van der Waals surface area contributed by atoms with Gasteiger partial charge in [0.15, 0.2) is 0 Å². The standard InChI is InChI=1S/C19H23N7/c1-24(13-16-10-20-15-21-11-16)14-17-12-23-19-5-7-25(8-9-26(17)19)18-4-2-3-6-22-18/h2-4,6,10-12,15H,5,7-9,13-14H2,1H3. The average Bonchev–Trinajstić information content (AvgIpc) is 2.92. The van der Waals surface area contributed by atoms with Crippen LogP contribution in [0, 0.1) is 0 Å². The van der Waals surface area contributed by atoms with Gasteiger partial charge in [-0.2, -0.15) is 0 Å². The summed E-state index contributed by atoms with van der Waals surface area (Å²) >= 11 is 0. The van der Waals surface area contributed by atoms with Crippen LogP contribution in [0.4, 0.5) is 5.82 Å². The highest BCUT2D eigenvalue weighted by Gasteiger charge is 2.18. The predicted molar refractivity (Wildman–Crippen MR) is 99.6 cm³/mol. The molecule has 0 aliphatic carbocycles. The van der Waals surface area contributed by atoms with E-state index in [0.717, 1.165) is 56.4 Å². The number of fused-ring (bicyclic) bond motifs is 1. The van der Waals surface area contributed by atoms with Crippen molar-refractivity contribution in [3.05, 3.63) is 66.4 Å². The Morgan fingerprint density at radius 2 is 1.88 bits per heavy atom. The highest BCUT2D eigenvalue weighted by Crippen LogP contribution is 2.17. The van der Waals surface area contributed by atoms with E-state index < -0.39 is 0 Å². The van der Waals surface area contributed by atoms with Gasteiger partial charge >= 0.3 is 0 Å². The molecule has 0 amide bonds. The van der Waals surface area contributed by atoms with E-state index in [9.17, 15) is 0 Å². The molecule has 7 heteroatoms. The van der Waals surface area contributed by atoms with E-state index in [1.165, 1.54) is 5.69 Å². The van der Waals surface area contributed by atoms with Gasteiger partial charge in [-0.25, -0.2) is 19.9 Å². The zero-order valence-electron chi connectivity index (χ0n) is 15.0. The first-order chi connectivity index (χ1) is 12.8. The Balaban J connectivity index is 1.43. The summed E-state index contributed by atoms with van der Waals surface area (Å²) in [6.45, 7) is 4.50. The molecule has 0 saturated heterocycles. The van der Waals surface area contributed by atoms with Crippen molar-refractivity contribution >= 4 is 5.82 Å². The van der Waals surface area contributed by atoms with Gasteiger partial charge in [-0.15, -0.1) is 0 Å². The first-order valence-corrected chi connectivity index (χ1v) is 8.91. The van der Waals surface area contributed by atoms with Crippen molar-refractivity contribution in [2.45, 2.75) is 26.1 Å². The fraction of sp³-hybridized carbons (Fsp3) is 0.368. The number of hydrogen-bond donors (Lipinski definition) is 0. The molecule has 3 aromatic rings. The molecule has 7 nitrogen and oxygen atoms in total. The van der Waals surface area contributed by atoms with Crippen LogP contribution in [-0.4, -0.2) is 49.5 Å². The average molecular weight is 349 g/mol. The molecule has 0 fully saturated rings. The van der Waals surface area contributed by atoms with Gasteiger partial charge < -0.3 is 9.47 Å². The van der Waals surface area contributed by atoms with E-state index >= 15 is 0 Å². The first-order valence-electron chi connectivity index (χ1n) is 8.91. The molecule has 0 atom stereocenters. The molecule has 4 rings (SSSR count). The number of anilines is 1. The number of pyridine rings is 1. The summed E-state index contributed by atoms with van der Waals surface area (Å²) in [6, 6.07) is 6.07. The minimum Gasteiger partial charge on any atom is -0.354 e. The van der Waals surface area contributed by atoms with Crippen molar-refractivity contribution < 1.29 is 0 Å². The Labute approximate surface area is 153 Å². The van der Waals surface area contributed by atoms with Crippen LogP contribution >= 0.6 is 0 Å². The van der Waals surface area contributed by atoms with Gasteiger partial charge in [0, 0.05) is 69.5 Å². The summed E-state index contributed by atoms with van der Waals surface area (Å²) in [5.41, 5.74) is 2.37. The monoisotopic (exact) mass is 349 g/mol. The molecule has 0 N–H and O–H groups in total. The van der Waals surface area contributed by atoms with Crippen LogP contribution in [0.5, 0.6) is 0 Å². The van der Waals surface area contributed by atoms with Gasteiger partial charge in [0.1, 0.15) is 18.0 Å². The normalized spacial score (nSPS) is 14.3. The van der Waals surface area contributed by atoms with Crippen LogP contribution in [0.15, 0.2) is 49.3 Å². The molecule has 134 valence electrons. The van der Waals surface area contributed by atoms with Crippen LogP contribution in [0.25, 0.3) is 0 Å². The third kappa shape index (κ3) is 3.72. The lowest BCUT2D eigenvalue weighted by Crippen LogP contribution is -2.27. The Morgan fingerprint density at radius 3 is 2.69 bits per heavy atom. The van der Waals surface area contributed by atoms with Crippen LogP contribution in [0.3, 0.4) is 0 Å². The number of imidazole rings is 1. The second-order valence-corrected chi connectivity index (χ2v) is 6.66. The highest BCUT2D eigenvalue weighted by molar-refractivity contribution is 5.38. The third-order valence-electron chi connectivity index (χ3n) is 4.69. The topological polar surface area (TPSA) is 63.0 Å². The van der Waals surface area contributed by atoms with E-state index in [1.807, 2.05) is 36.9 Å². The molecule has 0 spiro atoms. The van der Waals surface area contributed by atoms with Crippen LogP contribution in [0.2, 0.25) is 0 Å². The van der Waals surface area contributed by atoms with Gasteiger partial charge in [0.05, 0.1) is 5.69 Å². The molecular weight excluding hydrogens is 326 g/mol. The zero-order chi connectivity index (χ0) is 17.8. The molecule has 0 aromatic carbocycles. The maximum absolute atomic E-state index is 4.67. The van der Waals surface area contributed by atoms with E-state index in [-0.39, 0.29) is 0 Å². The van der Waals surface area contributed by atoms with Crippen molar-refractivity contribution in [1.82, 2.24) is 29.4 Å². The van der Waals surface area contributed by atoms with E-state index in [2.05, 4.69) is 47.4 Å². The smallest absolute Gasteiger partial charge is 0.128 e. The molecule has 0 bridgehead atoms. The molecule has 0 unspecified atom stereocenters. The maximum Gasteiger partial charge on any atom is 0.128 e. The summed E-state index contributed by atoms with van der Waals surface area (Å²) in [5.74, 6) is 2.20. The largest absolute Gasteiger partial charge is 0.354 e. The number of rotatable bonds is 5. The maximum atomic E-state index is 4.67. The van der Waals surface area contributed by atoms with E-state index in [0.29, 0.717) is 0 Å². The van der Waals surface area contributed by atoms with Crippen molar-refractivity contribution in [2.24, 2.45) is 0 Å². The van der Waals surface area contributed by atoms with Crippen molar-refractivity contribution in [3.8, 4) is 0 Å². The number of aromatic nitrogens is 5.